The zero-order valence-electron chi connectivity index (χ0n) is 7.55. The lowest BCUT2D eigenvalue weighted by atomic mass is 10.1. The SMILES string of the molecule is NC(=S)Cc1cc(Br)cc2c1OCC2. The maximum absolute atomic E-state index is 5.55. The van der Waals surface area contributed by atoms with Gasteiger partial charge in [0, 0.05) is 22.9 Å². The fourth-order valence-corrected chi connectivity index (χ4v) is 2.37. The Bertz CT molecular complexity index is 392. The Kier molecular flexibility index (Phi) is 2.74. The number of hydrogen-bond donors (Lipinski definition) is 1. The average molecular weight is 272 g/mol. The van der Waals surface area contributed by atoms with E-state index >= 15 is 0 Å². The largest absolute Gasteiger partial charge is 0.493 e. The molecule has 0 atom stereocenters. The van der Waals surface area contributed by atoms with Gasteiger partial charge in [0.25, 0.3) is 0 Å². The Morgan fingerprint density at radius 3 is 3.07 bits per heavy atom. The highest BCUT2D eigenvalue weighted by atomic mass is 79.9. The summed E-state index contributed by atoms with van der Waals surface area (Å²) in [4.78, 5) is 0.501. The van der Waals surface area contributed by atoms with Crippen molar-refractivity contribution in [3.63, 3.8) is 0 Å². The van der Waals surface area contributed by atoms with Crippen molar-refractivity contribution in [2.24, 2.45) is 5.73 Å². The smallest absolute Gasteiger partial charge is 0.126 e. The minimum atomic E-state index is 0.501. The Morgan fingerprint density at radius 2 is 2.36 bits per heavy atom. The predicted octanol–water partition coefficient (Wildman–Crippen LogP) is 2.21. The summed E-state index contributed by atoms with van der Waals surface area (Å²) in [5, 5.41) is 0. The number of fused-ring (bicyclic) bond motifs is 1. The molecule has 0 saturated carbocycles. The van der Waals surface area contributed by atoms with E-state index in [1.807, 2.05) is 6.07 Å². The lowest BCUT2D eigenvalue weighted by molar-refractivity contribution is 0.354. The van der Waals surface area contributed by atoms with Gasteiger partial charge in [0.1, 0.15) is 5.75 Å². The molecule has 0 fully saturated rings. The van der Waals surface area contributed by atoms with Crippen LogP contribution in [0.25, 0.3) is 0 Å². The quantitative estimate of drug-likeness (QED) is 0.838. The van der Waals surface area contributed by atoms with E-state index in [0.717, 1.165) is 28.8 Å². The normalized spacial score (nSPS) is 13.5. The number of hydrogen-bond acceptors (Lipinski definition) is 2. The average Bonchev–Trinajstić information content (AvgIpc) is 2.50. The van der Waals surface area contributed by atoms with E-state index in [9.17, 15) is 0 Å². The zero-order chi connectivity index (χ0) is 10.1. The molecule has 1 aromatic rings. The van der Waals surface area contributed by atoms with Crippen molar-refractivity contribution in [3.05, 3.63) is 27.7 Å². The summed E-state index contributed by atoms with van der Waals surface area (Å²) in [7, 11) is 0. The highest BCUT2D eigenvalue weighted by Gasteiger charge is 2.17. The van der Waals surface area contributed by atoms with Gasteiger partial charge in [0.05, 0.1) is 11.6 Å². The third kappa shape index (κ3) is 1.91. The Hall–Kier alpha value is -0.610. The molecule has 1 aliphatic heterocycles. The molecule has 2 nitrogen and oxygen atoms in total. The molecular weight excluding hydrogens is 262 g/mol. The van der Waals surface area contributed by atoms with E-state index in [1.54, 1.807) is 0 Å². The number of halogens is 1. The van der Waals surface area contributed by atoms with E-state index in [-0.39, 0.29) is 0 Å². The van der Waals surface area contributed by atoms with Crippen LogP contribution in [0.15, 0.2) is 16.6 Å². The summed E-state index contributed by atoms with van der Waals surface area (Å²) in [6.45, 7) is 0.760. The molecule has 2 N–H and O–H groups in total. The predicted molar refractivity (Wildman–Crippen MR) is 63.8 cm³/mol. The number of rotatable bonds is 2. The monoisotopic (exact) mass is 271 g/mol. The van der Waals surface area contributed by atoms with Crippen LogP contribution in [0.1, 0.15) is 11.1 Å². The maximum Gasteiger partial charge on any atom is 0.126 e. The van der Waals surface area contributed by atoms with Crippen LogP contribution in [0, 0.1) is 0 Å². The molecule has 1 aromatic carbocycles. The van der Waals surface area contributed by atoms with Crippen molar-refractivity contribution in [1.29, 1.82) is 0 Å². The number of nitrogens with two attached hydrogens (primary N) is 1. The lowest BCUT2D eigenvalue weighted by Crippen LogP contribution is -2.11. The Labute approximate surface area is 96.6 Å². The number of thiocarbonyl (C=S) groups is 1. The van der Waals surface area contributed by atoms with Gasteiger partial charge in [-0.2, -0.15) is 0 Å². The third-order valence-corrected chi connectivity index (χ3v) is 2.79. The van der Waals surface area contributed by atoms with Crippen LogP contribution in [0.5, 0.6) is 5.75 Å². The lowest BCUT2D eigenvalue weighted by Gasteiger charge is -2.07. The fraction of sp³-hybridized carbons (Fsp3) is 0.300. The molecule has 1 heterocycles. The van der Waals surface area contributed by atoms with Gasteiger partial charge in [0.2, 0.25) is 0 Å². The highest BCUT2D eigenvalue weighted by molar-refractivity contribution is 9.10. The third-order valence-electron chi connectivity index (χ3n) is 2.19. The molecule has 1 aliphatic rings. The summed E-state index contributed by atoms with van der Waals surface area (Å²) in [6, 6.07) is 4.11. The van der Waals surface area contributed by atoms with E-state index in [2.05, 4.69) is 22.0 Å². The van der Waals surface area contributed by atoms with Crippen LogP contribution in [-0.4, -0.2) is 11.6 Å². The molecule has 74 valence electrons. The van der Waals surface area contributed by atoms with Crippen molar-refractivity contribution in [2.45, 2.75) is 12.8 Å². The van der Waals surface area contributed by atoms with Crippen molar-refractivity contribution in [2.75, 3.05) is 6.61 Å². The van der Waals surface area contributed by atoms with Crippen molar-refractivity contribution in [1.82, 2.24) is 0 Å². The van der Waals surface area contributed by atoms with Crippen LogP contribution >= 0.6 is 28.1 Å². The summed E-state index contributed by atoms with van der Waals surface area (Å²) in [5.41, 5.74) is 7.85. The Morgan fingerprint density at radius 1 is 1.57 bits per heavy atom. The molecule has 2 rings (SSSR count). The van der Waals surface area contributed by atoms with Gasteiger partial charge in [-0.3, -0.25) is 0 Å². The van der Waals surface area contributed by atoms with Gasteiger partial charge in [-0.1, -0.05) is 28.1 Å². The van der Waals surface area contributed by atoms with Crippen molar-refractivity contribution < 1.29 is 4.74 Å². The minimum Gasteiger partial charge on any atom is -0.493 e. The molecule has 0 amide bonds. The molecule has 0 bridgehead atoms. The van der Waals surface area contributed by atoms with Crippen molar-refractivity contribution in [3.8, 4) is 5.75 Å². The first-order valence-electron chi connectivity index (χ1n) is 4.39. The number of benzene rings is 1. The summed E-state index contributed by atoms with van der Waals surface area (Å²) < 4.78 is 6.61. The summed E-state index contributed by atoms with van der Waals surface area (Å²) in [5.74, 6) is 0.973. The maximum atomic E-state index is 5.55. The first-order chi connectivity index (χ1) is 6.66. The molecule has 0 aliphatic carbocycles. The highest BCUT2D eigenvalue weighted by Crippen LogP contribution is 2.33. The van der Waals surface area contributed by atoms with E-state index in [4.69, 9.17) is 22.7 Å². The van der Waals surface area contributed by atoms with Crippen molar-refractivity contribution >= 4 is 33.1 Å². The Balaban J connectivity index is 2.43. The van der Waals surface area contributed by atoms with Gasteiger partial charge >= 0.3 is 0 Å². The van der Waals surface area contributed by atoms with Crippen LogP contribution in [0.3, 0.4) is 0 Å². The van der Waals surface area contributed by atoms with Gasteiger partial charge in [0.15, 0.2) is 0 Å². The van der Waals surface area contributed by atoms with E-state index in [0.29, 0.717) is 11.4 Å². The standard InChI is InChI=1S/C10H10BrNOS/c11-8-3-6-1-2-13-10(6)7(4-8)5-9(12)14/h3-4H,1-2,5H2,(H2,12,14). The molecule has 0 radical (unpaired) electrons. The van der Waals surface area contributed by atoms with E-state index < -0.39 is 0 Å². The molecule has 0 aromatic heterocycles. The molecule has 0 spiro atoms. The van der Waals surface area contributed by atoms with Crippen LogP contribution in [-0.2, 0) is 12.8 Å². The second-order valence-electron chi connectivity index (χ2n) is 3.29. The minimum absolute atomic E-state index is 0.501. The van der Waals surface area contributed by atoms with E-state index in [1.165, 1.54) is 5.56 Å². The van der Waals surface area contributed by atoms with Crippen LogP contribution < -0.4 is 10.5 Å². The fourth-order valence-electron chi connectivity index (χ4n) is 1.67. The molecule has 0 saturated heterocycles. The van der Waals surface area contributed by atoms with Crippen LogP contribution in [0.2, 0.25) is 0 Å². The zero-order valence-corrected chi connectivity index (χ0v) is 9.95. The topological polar surface area (TPSA) is 35.2 Å². The number of ether oxygens (including phenoxy) is 1. The summed E-state index contributed by atoms with van der Waals surface area (Å²) >= 11 is 8.36. The second kappa shape index (κ2) is 3.87. The van der Waals surface area contributed by atoms with Gasteiger partial charge < -0.3 is 10.5 Å². The summed E-state index contributed by atoms with van der Waals surface area (Å²) in [6.07, 6.45) is 1.58. The van der Waals surface area contributed by atoms with Crippen LogP contribution in [0.4, 0.5) is 0 Å². The molecule has 0 unspecified atom stereocenters. The molecule has 4 heteroatoms. The van der Waals surface area contributed by atoms with Gasteiger partial charge in [-0.15, -0.1) is 0 Å². The first-order valence-corrected chi connectivity index (χ1v) is 5.59. The van der Waals surface area contributed by atoms with Gasteiger partial charge in [-0.25, -0.2) is 0 Å². The molecular formula is C10H10BrNOS. The molecule has 14 heavy (non-hydrogen) atoms. The first kappa shape index (κ1) is 9.93. The second-order valence-corrected chi connectivity index (χ2v) is 4.73. The van der Waals surface area contributed by atoms with Gasteiger partial charge in [-0.05, 0) is 17.7 Å².